The van der Waals surface area contributed by atoms with E-state index in [-0.39, 0.29) is 43.8 Å². The number of anilines is 2. The number of nitrogens with one attached hydrogen (secondary N) is 1. The number of carboxylic acids is 1. The zero-order valence-electron chi connectivity index (χ0n) is 18.9. The molecule has 3 aromatic rings. The number of rotatable bonds is 4. The number of pyridine rings is 1. The molecule has 1 aliphatic rings. The van der Waals surface area contributed by atoms with Gasteiger partial charge in [-0.3, -0.25) is 4.79 Å². The molecule has 0 bridgehead atoms. The first kappa shape index (κ1) is 22.6. The Kier molecular flexibility index (Phi) is 6.84. The van der Waals surface area contributed by atoms with Gasteiger partial charge in [0.05, 0.1) is 11.6 Å². The smallest absolute Gasteiger partial charge is 1.00 e. The number of aromatic nitrogens is 1. The second-order valence-corrected chi connectivity index (χ2v) is 7.54. The third-order valence-corrected chi connectivity index (χ3v) is 5.47. The number of aromatic carboxylic acids is 1. The van der Waals surface area contributed by atoms with Crippen LogP contribution in [-0.2, 0) is 4.79 Å². The van der Waals surface area contributed by atoms with Gasteiger partial charge in [-0.05, 0) is 66.4 Å². The van der Waals surface area contributed by atoms with Gasteiger partial charge in [0.2, 0.25) is 5.91 Å². The van der Waals surface area contributed by atoms with E-state index in [1.165, 1.54) is 0 Å². The molecule has 2 N–H and O–H groups in total. The molecule has 0 saturated carbocycles. The third kappa shape index (κ3) is 4.66. The first-order valence-corrected chi connectivity index (χ1v) is 9.89. The molecule has 7 heteroatoms. The van der Waals surface area contributed by atoms with Crippen LogP contribution in [0.25, 0.3) is 11.1 Å². The average molecular weight is 409 g/mol. The molecule has 0 radical (unpaired) electrons. The first-order valence-electron chi connectivity index (χ1n) is 9.89. The molecule has 0 spiro atoms. The van der Waals surface area contributed by atoms with Crippen molar-refractivity contribution < 1.29 is 35.0 Å². The van der Waals surface area contributed by atoms with Crippen LogP contribution in [0.5, 0.6) is 0 Å². The molecule has 2 heterocycles. The standard InChI is InChI=1S/C24H23N3O3.Li.H/c1-15-13-21(26-23-5-3-4-12-25-23)20-14-19(10-11-22(20)27(15)16(2)28)17-6-8-18(9-7-17)24(29)30;;/h3-12,14-15,21H,13H2,1-2H3,(H,25,26)(H,29,30);;/q;+1;-1/t15-,21+;;/m0../s1. The van der Waals surface area contributed by atoms with Crippen molar-refractivity contribution in [2.24, 2.45) is 0 Å². The summed E-state index contributed by atoms with van der Waals surface area (Å²) in [6.45, 7) is 3.64. The number of amides is 1. The Hall–Kier alpha value is -3.07. The molecule has 2 atom stereocenters. The van der Waals surface area contributed by atoms with E-state index in [1.54, 1.807) is 37.4 Å². The number of nitrogens with zero attached hydrogens (tertiary/aromatic N) is 2. The zero-order chi connectivity index (χ0) is 21.3. The fraction of sp³-hybridized carbons (Fsp3) is 0.208. The molecular weight excluding hydrogens is 385 g/mol. The number of hydrogen-bond donors (Lipinski definition) is 2. The van der Waals surface area contributed by atoms with E-state index < -0.39 is 5.97 Å². The van der Waals surface area contributed by atoms with Crippen molar-refractivity contribution in [3.8, 4) is 11.1 Å². The summed E-state index contributed by atoms with van der Waals surface area (Å²) in [4.78, 5) is 29.7. The molecule has 31 heavy (non-hydrogen) atoms. The predicted octanol–water partition coefficient (Wildman–Crippen LogP) is 1.86. The molecule has 0 unspecified atom stereocenters. The Balaban J connectivity index is 0.00000181. The van der Waals surface area contributed by atoms with E-state index in [2.05, 4.69) is 23.3 Å². The van der Waals surface area contributed by atoms with E-state index in [4.69, 9.17) is 5.11 Å². The molecule has 0 fully saturated rings. The number of hydrogen-bond acceptors (Lipinski definition) is 4. The maximum atomic E-state index is 12.3. The molecule has 0 saturated heterocycles. The minimum absolute atomic E-state index is 0. The molecule has 4 rings (SSSR count). The normalized spacial score (nSPS) is 17.3. The zero-order valence-corrected chi connectivity index (χ0v) is 17.9. The van der Waals surface area contributed by atoms with E-state index >= 15 is 0 Å². The maximum Gasteiger partial charge on any atom is 1.00 e. The summed E-state index contributed by atoms with van der Waals surface area (Å²) >= 11 is 0. The monoisotopic (exact) mass is 409 g/mol. The largest absolute Gasteiger partial charge is 1.00 e. The second kappa shape index (κ2) is 9.38. The van der Waals surface area contributed by atoms with Gasteiger partial charge in [0.25, 0.3) is 0 Å². The molecule has 154 valence electrons. The van der Waals surface area contributed by atoms with Gasteiger partial charge in [-0.2, -0.15) is 0 Å². The summed E-state index contributed by atoms with van der Waals surface area (Å²) in [5.74, 6) is -0.149. The van der Waals surface area contributed by atoms with Crippen molar-refractivity contribution in [1.29, 1.82) is 0 Å². The fourth-order valence-electron chi connectivity index (χ4n) is 4.09. The van der Waals surface area contributed by atoms with Crippen LogP contribution in [0.3, 0.4) is 0 Å². The Morgan fingerprint density at radius 3 is 2.42 bits per heavy atom. The number of carbonyl (C=O) groups is 2. The van der Waals surface area contributed by atoms with E-state index in [1.807, 2.05) is 35.2 Å². The number of carboxylic acid groups (broad SMARTS) is 1. The first-order chi connectivity index (χ1) is 14.4. The number of carbonyl (C=O) groups excluding carboxylic acids is 1. The van der Waals surface area contributed by atoms with Gasteiger partial charge in [0.1, 0.15) is 5.82 Å². The Morgan fingerprint density at radius 2 is 1.81 bits per heavy atom. The molecule has 0 aliphatic carbocycles. The van der Waals surface area contributed by atoms with Crippen LogP contribution < -0.4 is 29.1 Å². The SMILES string of the molecule is CC(=O)N1c2ccc(-c3ccc(C(=O)O)cc3)cc2[C@H](Nc2ccccn2)C[C@@H]1C.[H-].[Li+]. The van der Waals surface area contributed by atoms with Crippen LogP contribution in [0.1, 0.15) is 43.7 Å². The van der Waals surface area contributed by atoms with Crippen molar-refractivity contribution >= 4 is 23.4 Å². The molecule has 2 aromatic carbocycles. The summed E-state index contributed by atoms with van der Waals surface area (Å²) in [5.41, 5.74) is 4.06. The summed E-state index contributed by atoms with van der Waals surface area (Å²) in [6, 6.07) is 18.6. The summed E-state index contributed by atoms with van der Waals surface area (Å²) in [5, 5.41) is 12.6. The molecule has 1 amide bonds. The van der Waals surface area contributed by atoms with Crippen molar-refractivity contribution in [2.75, 3.05) is 10.2 Å². The molecular formula is C24H24LiN3O3. The molecule has 1 aromatic heterocycles. The van der Waals surface area contributed by atoms with Gasteiger partial charge in [0.15, 0.2) is 0 Å². The maximum absolute atomic E-state index is 12.3. The predicted molar refractivity (Wildman–Crippen MR) is 118 cm³/mol. The Morgan fingerprint density at radius 1 is 1.10 bits per heavy atom. The topological polar surface area (TPSA) is 82.5 Å². The quantitative estimate of drug-likeness (QED) is 0.643. The van der Waals surface area contributed by atoms with Gasteiger partial charge >= 0.3 is 24.8 Å². The van der Waals surface area contributed by atoms with Crippen LogP contribution >= 0.6 is 0 Å². The van der Waals surface area contributed by atoms with Gasteiger partial charge < -0.3 is 16.7 Å². The van der Waals surface area contributed by atoms with Crippen LogP contribution in [0, 0.1) is 0 Å². The third-order valence-electron chi connectivity index (χ3n) is 5.47. The Labute approximate surface area is 195 Å². The van der Waals surface area contributed by atoms with Crippen molar-refractivity contribution in [2.45, 2.75) is 32.4 Å². The van der Waals surface area contributed by atoms with Gasteiger partial charge in [-0.25, -0.2) is 9.78 Å². The summed E-state index contributed by atoms with van der Waals surface area (Å²) < 4.78 is 0. The van der Waals surface area contributed by atoms with Crippen LogP contribution in [0.4, 0.5) is 11.5 Å². The van der Waals surface area contributed by atoms with Crippen LogP contribution in [-0.4, -0.2) is 28.0 Å². The number of fused-ring (bicyclic) bond motifs is 1. The van der Waals surface area contributed by atoms with Crippen LogP contribution in [0.15, 0.2) is 66.9 Å². The fourth-order valence-corrected chi connectivity index (χ4v) is 4.09. The van der Waals surface area contributed by atoms with Gasteiger partial charge in [-0.1, -0.05) is 24.3 Å². The van der Waals surface area contributed by atoms with Crippen LogP contribution in [0.2, 0.25) is 0 Å². The van der Waals surface area contributed by atoms with Crippen molar-refractivity contribution in [3.63, 3.8) is 0 Å². The summed E-state index contributed by atoms with van der Waals surface area (Å²) in [6.07, 6.45) is 2.50. The number of benzene rings is 2. The van der Waals surface area contributed by atoms with Gasteiger partial charge in [0, 0.05) is 24.8 Å². The van der Waals surface area contributed by atoms with Crippen molar-refractivity contribution in [1.82, 2.24) is 4.98 Å². The minimum atomic E-state index is -0.947. The molecule has 6 nitrogen and oxygen atoms in total. The average Bonchev–Trinajstić information content (AvgIpc) is 2.74. The second-order valence-electron chi connectivity index (χ2n) is 7.54. The molecule has 1 aliphatic heterocycles. The van der Waals surface area contributed by atoms with E-state index in [9.17, 15) is 9.59 Å². The summed E-state index contributed by atoms with van der Waals surface area (Å²) in [7, 11) is 0. The Bertz CT molecular complexity index is 1090. The van der Waals surface area contributed by atoms with E-state index in [0.717, 1.165) is 34.6 Å². The van der Waals surface area contributed by atoms with Gasteiger partial charge in [-0.15, -0.1) is 0 Å². The van der Waals surface area contributed by atoms with Crippen molar-refractivity contribution in [3.05, 3.63) is 78.0 Å². The minimum Gasteiger partial charge on any atom is -1.00 e. The van der Waals surface area contributed by atoms with E-state index in [0.29, 0.717) is 0 Å².